The molecule has 4 nitrogen and oxygen atoms in total. The summed E-state index contributed by atoms with van der Waals surface area (Å²) in [5.41, 5.74) is 29.9. The molecule has 91 heavy (non-hydrogen) atoms. The normalized spacial score (nSPS) is 15.6. The van der Waals surface area contributed by atoms with E-state index in [0.29, 0.717) is 11.8 Å². The minimum Gasteiger partial charge on any atom is -0.310 e. The zero-order chi connectivity index (χ0) is 62.6. The average molecular weight is 1190 g/mol. The molecule has 454 valence electrons. The molecule has 2 fully saturated rings. The van der Waals surface area contributed by atoms with Crippen molar-refractivity contribution in [2.24, 2.45) is 0 Å². The van der Waals surface area contributed by atoms with E-state index in [1.807, 2.05) is 0 Å². The largest absolute Gasteiger partial charge is 0.310 e. The standard InChI is InChI=1S/C86H87BN4/c1-83(2,3)63-37-60(38-64(49-63)84(4,5)6)73-51-74(61-39-65(85(7,8)9)50-66(40-61)86(10,11)12)89-82(88-73)62-47-77-79-78(48-62)91-76-36-34-57(53-27-19-14-20-28-53)42-68(76)70-44-59(55-31-23-16-24-32-55)46-72(81(70)91)87(79)71-45-58(54-29-21-15-22-30-54)43-69-67-41-56(52-25-17-13-18-26-52)33-35-75(67)90(77)80(69)71/h13-14,17-20,25-28,33-51,54-55H,15-16,21-24,29-32H2,1-12H3. The van der Waals surface area contributed by atoms with Crippen LogP contribution in [-0.4, -0.2) is 25.8 Å². The fourth-order valence-electron chi connectivity index (χ4n) is 16.4. The van der Waals surface area contributed by atoms with Crippen LogP contribution in [0.5, 0.6) is 0 Å². The Morgan fingerprint density at radius 2 is 0.725 bits per heavy atom. The van der Waals surface area contributed by atoms with Crippen molar-refractivity contribution in [3.05, 3.63) is 209 Å². The van der Waals surface area contributed by atoms with Gasteiger partial charge in [-0.3, -0.25) is 0 Å². The molecule has 0 amide bonds. The van der Waals surface area contributed by atoms with Gasteiger partial charge < -0.3 is 9.13 Å². The van der Waals surface area contributed by atoms with Crippen molar-refractivity contribution in [1.82, 2.24) is 19.1 Å². The molecule has 16 rings (SSSR count). The van der Waals surface area contributed by atoms with E-state index < -0.39 is 0 Å². The first-order valence-electron chi connectivity index (χ1n) is 34.4. The molecule has 5 heterocycles. The Bertz CT molecular complexity index is 4550. The van der Waals surface area contributed by atoms with Gasteiger partial charge in [0.2, 0.25) is 0 Å². The van der Waals surface area contributed by atoms with Crippen LogP contribution in [0.2, 0.25) is 0 Å². The van der Waals surface area contributed by atoms with Gasteiger partial charge in [-0.25, -0.2) is 9.97 Å². The minimum absolute atomic E-state index is 0.0123. The summed E-state index contributed by atoms with van der Waals surface area (Å²) >= 11 is 0. The van der Waals surface area contributed by atoms with Crippen LogP contribution in [0.15, 0.2) is 176 Å². The van der Waals surface area contributed by atoms with E-state index in [-0.39, 0.29) is 28.4 Å². The van der Waals surface area contributed by atoms with Gasteiger partial charge in [0.25, 0.3) is 6.71 Å². The maximum atomic E-state index is 5.92. The Balaban J connectivity index is 1.05. The van der Waals surface area contributed by atoms with Gasteiger partial charge in [0.1, 0.15) is 0 Å². The minimum atomic E-state index is -0.0879. The highest BCUT2D eigenvalue weighted by Gasteiger charge is 2.43. The number of hydrogen-bond donors (Lipinski definition) is 0. The second-order valence-electron chi connectivity index (χ2n) is 32.0. The van der Waals surface area contributed by atoms with Crippen LogP contribution < -0.4 is 16.4 Å². The van der Waals surface area contributed by atoms with Gasteiger partial charge in [0.15, 0.2) is 5.82 Å². The van der Waals surface area contributed by atoms with Gasteiger partial charge in [-0.05, 0) is 210 Å². The predicted molar refractivity (Wildman–Crippen MR) is 389 cm³/mol. The Morgan fingerprint density at radius 1 is 0.341 bits per heavy atom. The molecule has 3 aromatic heterocycles. The lowest BCUT2D eigenvalue weighted by atomic mass is 9.34. The third kappa shape index (κ3) is 9.84. The summed E-state index contributed by atoms with van der Waals surface area (Å²) in [5, 5.41) is 5.36. The van der Waals surface area contributed by atoms with Crippen LogP contribution in [0.3, 0.4) is 0 Å². The monoisotopic (exact) mass is 1190 g/mol. The molecular weight excluding hydrogens is 1100 g/mol. The van der Waals surface area contributed by atoms with Crippen molar-refractivity contribution < 1.29 is 0 Å². The highest BCUT2D eigenvalue weighted by Crippen LogP contribution is 2.47. The van der Waals surface area contributed by atoms with Gasteiger partial charge in [0, 0.05) is 60.6 Å². The van der Waals surface area contributed by atoms with Gasteiger partial charge in [0.05, 0.1) is 22.4 Å². The first kappa shape index (κ1) is 57.9. The van der Waals surface area contributed by atoms with Crippen molar-refractivity contribution in [3.8, 4) is 67.5 Å². The Kier molecular flexibility index (Phi) is 13.4. The number of nitrogens with zero attached hydrogens (tertiary/aromatic N) is 4. The summed E-state index contributed by atoms with van der Waals surface area (Å²) < 4.78 is 5.39. The van der Waals surface area contributed by atoms with Crippen molar-refractivity contribution in [2.75, 3.05) is 0 Å². The van der Waals surface area contributed by atoms with Crippen molar-refractivity contribution in [3.63, 3.8) is 0 Å². The van der Waals surface area contributed by atoms with E-state index in [1.165, 1.54) is 191 Å². The fourth-order valence-corrected chi connectivity index (χ4v) is 16.4. The number of rotatable bonds is 7. The van der Waals surface area contributed by atoms with Crippen molar-refractivity contribution in [2.45, 2.75) is 181 Å². The van der Waals surface area contributed by atoms with E-state index in [4.69, 9.17) is 9.97 Å². The molecule has 0 N–H and O–H groups in total. The SMILES string of the molecule is CC(C)(C)c1cc(-c2cc(-c3cc(C(C)(C)C)cc(C(C)(C)C)c3)nc(-c3cc4c5c(c3)-n3c6ccc(-c7ccccc7)cc6c6cc(C7CCCCC7)cc(c63)B5c3cc(C5CCCCC5)cc5c6cc(-c7ccccc7)ccc6n-4c35)n2)cc(C(C)(C)C)c1. The maximum Gasteiger partial charge on any atom is 0.252 e. The summed E-state index contributed by atoms with van der Waals surface area (Å²) in [4.78, 5) is 11.8. The predicted octanol–water partition coefficient (Wildman–Crippen LogP) is 21.4. The van der Waals surface area contributed by atoms with Crippen LogP contribution >= 0.6 is 0 Å². The zero-order valence-corrected chi connectivity index (χ0v) is 55.8. The Labute approximate surface area is 540 Å². The van der Waals surface area contributed by atoms with E-state index in [2.05, 4.69) is 268 Å². The topological polar surface area (TPSA) is 35.6 Å². The second-order valence-corrected chi connectivity index (χ2v) is 32.0. The third-order valence-electron chi connectivity index (χ3n) is 21.6. The molecule has 0 bridgehead atoms. The summed E-state index contributed by atoms with van der Waals surface area (Å²) in [6.07, 6.45) is 12.8. The molecule has 0 atom stereocenters. The quantitative estimate of drug-likeness (QED) is 0.149. The van der Waals surface area contributed by atoms with Gasteiger partial charge >= 0.3 is 0 Å². The summed E-state index contributed by atoms with van der Waals surface area (Å²) in [6.45, 7) is 28.1. The zero-order valence-electron chi connectivity index (χ0n) is 55.8. The summed E-state index contributed by atoms with van der Waals surface area (Å²) in [7, 11) is 0. The lowest BCUT2D eigenvalue weighted by molar-refractivity contribution is 0.444. The van der Waals surface area contributed by atoms with Gasteiger partial charge in [-0.1, -0.05) is 219 Å². The molecule has 2 aliphatic carbocycles. The molecular formula is C86H87BN4. The van der Waals surface area contributed by atoms with Crippen LogP contribution in [-0.2, 0) is 21.7 Å². The fraction of sp³-hybridized carbons (Fsp3) is 0.326. The molecule has 4 aliphatic rings. The molecule has 0 saturated heterocycles. The summed E-state index contributed by atoms with van der Waals surface area (Å²) in [6, 6.07) is 69.3. The molecule has 5 heteroatoms. The van der Waals surface area contributed by atoms with Gasteiger partial charge in [-0.2, -0.15) is 0 Å². The lowest BCUT2D eigenvalue weighted by Crippen LogP contribution is -2.59. The van der Waals surface area contributed by atoms with Crippen molar-refractivity contribution >= 4 is 66.7 Å². The molecule has 0 spiro atoms. The summed E-state index contributed by atoms with van der Waals surface area (Å²) in [5.74, 6) is 1.79. The van der Waals surface area contributed by atoms with E-state index in [9.17, 15) is 0 Å². The Morgan fingerprint density at radius 3 is 1.10 bits per heavy atom. The molecule has 12 aromatic rings. The first-order valence-corrected chi connectivity index (χ1v) is 34.4. The number of aromatic nitrogens is 4. The second kappa shape index (κ2) is 21.1. The van der Waals surface area contributed by atoms with Crippen LogP contribution in [0.4, 0.5) is 0 Å². The smallest absolute Gasteiger partial charge is 0.252 e. The lowest BCUT2D eigenvalue weighted by Gasteiger charge is -2.35. The van der Waals surface area contributed by atoms with Crippen LogP contribution in [0.25, 0.3) is 111 Å². The average Bonchev–Trinajstić information content (AvgIpc) is 1.57. The molecule has 2 saturated carbocycles. The highest BCUT2D eigenvalue weighted by atomic mass is 15.0. The molecule has 0 radical (unpaired) electrons. The van der Waals surface area contributed by atoms with Gasteiger partial charge in [-0.15, -0.1) is 0 Å². The first-order chi connectivity index (χ1) is 43.6. The third-order valence-corrected chi connectivity index (χ3v) is 21.6. The van der Waals surface area contributed by atoms with E-state index in [1.54, 1.807) is 0 Å². The van der Waals surface area contributed by atoms with Crippen LogP contribution in [0, 0.1) is 0 Å². The maximum absolute atomic E-state index is 5.92. The van der Waals surface area contributed by atoms with Crippen molar-refractivity contribution in [1.29, 1.82) is 0 Å². The molecule has 0 unspecified atom stereocenters. The molecule has 2 aliphatic heterocycles. The van der Waals surface area contributed by atoms with E-state index >= 15 is 0 Å². The number of fused-ring (bicyclic) bond motifs is 10. The number of hydrogen-bond acceptors (Lipinski definition) is 2. The van der Waals surface area contributed by atoms with E-state index in [0.717, 1.165) is 33.9 Å². The molecule has 9 aromatic carbocycles. The van der Waals surface area contributed by atoms with Crippen LogP contribution in [0.1, 0.15) is 193 Å². The highest BCUT2D eigenvalue weighted by molar-refractivity contribution is 7.00. The number of benzene rings is 9. The Hall–Kier alpha value is -8.28.